The number of aromatic nitrogens is 6. The molecule has 4 N–H and O–H groups in total. The van der Waals surface area contributed by atoms with Gasteiger partial charge in [0, 0.05) is 25.0 Å². The van der Waals surface area contributed by atoms with E-state index in [9.17, 15) is 9.90 Å². The molecule has 10 heteroatoms. The van der Waals surface area contributed by atoms with E-state index in [0.29, 0.717) is 19.0 Å². The van der Waals surface area contributed by atoms with Crippen LogP contribution in [0.25, 0.3) is 5.95 Å². The van der Waals surface area contributed by atoms with Crippen LogP contribution in [0.2, 0.25) is 0 Å². The quantitative estimate of drug-likeness (QED) is 0.468. The van der Waals surface area contributed by atoms with Gasteiger partial charge in [0.15, 0.2) is 0 Å². The number of benzene rings is 1. The number of carbonyl (C=O) groups excluding carboxylic acids is 1. The van der Waals surface area contributed by atoms with Crippen LogP contribution in [0.15, 0.2) is 43.0 Å². The van der Waals surface area contributed by atoms with E-state index >= 15 is 0 Å². The van der Waals surface area contributed by atoms with E-state index in [1.165, 1.54) is 22.8 Å². The average molecular weight is 380 g/mol. The maximum atomic E-state index is 12.5. The maximum absolute atomic E-state index is 12.5. The first-order valence-corrected chi connectivity index (χ1v) is 9.19. The van der Waals surface area contributed by atoms with Gasteiger partial charge in [0.25, 0.3) is 11.9 Å². The molecular formula is C18H20N8O2. The second-order valence-corrected chi connectivity index (χ2v) is 7.32. The fraction of sp³-hybridized carbons (Fsp3) is 0.389. The Bertz CT molecular complexity index is 973. The van der Waals surface area contributed by atoms with Crippen LogP contribution in [0.3, 0.4) is 0 Å². The van der Waals surface area contributed by atoms with Crippen molar-refractivity contribution >= 4 is 5.91 Å². The van der Waals surface area contributed by atoms with Gasteiger partial charge in [-0.05, 0) is 17.4 Å². The smallest absolute Gasteiger partial charge is 0.288 e. The van der Waals surface area contributed by atoms with Gasteiger partial charge in [-0.1, -0.05) is 30.3 Å². The molecule has 1 saturated carbocycles. The number of rotatable bonds is 5. The van der Waals surface area contributed by atoms with E-state index in [-0.39, 0.29) is 29.0 Å². The lowest BCUT2D eigenvalue weighted by Gasteiger charge is -2.14. The predicted octanol–water partition coefficient (Wildman–Crippen LogP) is -0.521. The molecule has 2 fully saturated rings. The van der Waals surface area contributed by atoms with Gasteiger partial charge in [-0.2, -0.15) is 4.98 Å². The Morgan fingerprint density at radius 1 is 1.29 bits per heavy atom. The van der Waals surface area contributed by atoms with Crippen LogP contribution in [0.4, 0.5) is 0 Å². The Balaban J connectivity index is 1.30. The third-order valence-corrected chi connectivity index (χ3v) is 5.93. The SMILES string of the molecule is O=C(NC[C@H]1[C@H](c2ccccc2)[C@@]12CNC[C@@H]2O)c1nc(-n2cnnc2)n[nH]1. The fourth-order valence-electron chi connectivity index (χ4n) is 4.54. The third kappa shape index (κ3) is 2.60. The van der Waals surface area contributed by atoms with Gasteiger partial charge in [-0.25, -0.2) is 0 Å². The standard InChI is InChI=1S/C18H20N8O2/c27-13-7-19-8-18(13)12(14(18)11-4-2-1-3-5-11)6-20-16(28)15-23-17(25-24-15)26-9-21-22-10-26/h1-5,9-10,12-14,19,27H,6-8H2,(H,20,28)(H,23,24,25)/t12-,13-,14-,18-/m0/s1. The monoisotopic (exact) mass is 380 g/mol. The number of aliphatic hydroxyl groups excluding tert-OH is 1. The zero-order valence-corrected chi connectivity index (χ0v) is 15.0. The summed E-state index contributed by atoms with van der Waals surface area (Å²) in [6.07, 6.45) is 2.49. The van der Waals surface area contributed by atoms with E-state index in [0.717, 1.165) is 6.54 Å². The molecular weight excluding hydrogens is 360 g/mol. The summed E-state index contributed by atoms with van der Waals surface area (Å²) in [6.45, 7) is 1.78. The van der Waals surface area contributed by atoms with Crippen molar-refractivity contribution in [3.63, 3.8) is 0 Å². The van der Waals surface area contributed by atoms with E-state index in [1.807, 2.05) is 18.2 Å². The highest BCUT2D eigenvalue weighted by Gasteiger charge is 2.69. The van der Waals surface area contributed by atoms with E-state index in [4.69, 9.17) is 0 Å². The largest absolute Gasteiger partial charge is 0.391 e. The lowest BCUT2D eigenvalue weighted by atomic mass is 9.95. The van der Waals surface area contributed by atoms with Crippen LogP contribution < -0.4 is 10.6 Å². The molecule has 5 rings (SSSR count). The van der Waals surface area contributed by atoms with Gasteiger partial charge < -0.3 is 15.7 Å². The molecule has 3 aromatic rings. The van der Waals surface area contributed by atoms with Gasteiger partial charge in [-0.15, -0.1) is 15.3 Å². The summed E-state index contributed by atoms with van der Waals surface area (Å²) in [5.41, 5.74) is 0.961. The lowest BCUT2D eigenvalue weighted by Crippen LogP contribution is -2.30. The number of carbonyl (C=O) groups is 1. The average Bonchev–Trinajstić information content (AvgIpc) is 3.22. The van der Waals surface area contributed by atoms with Crippen LogP contribution >= 0.6 is 0 Å². The number of β-amino-alcohol motifs (C(OH)–C–C–N with tert-alkyl or cyclic N) is 1. The number of H-pyrrole nitrogens is 1. The molecule has 0 radical (unpaired) electrons. The van der Waals surface area contributed by atoms with Crippen LogP contribution in [-0.4, -0.2) is 66.7 Å². The zero-order valence-electron chi connectivity index (χ0n) is 15.0. The number of amides is 1. The summed E-state index contributed by atoms with van der Waals surface area (Å²) >= 11 is 0. The Labute approximate surface area is 160 Å². The first-order valence-electron chi connectivity index (χ1n) is 9.19. The Kier molecular flexibility index (Phi) is 3.95. The van der Waals surface area contributed by atoms with Crippen molar-refractivity contribution in [3.05, 3.63) is 54.4 Å². The molecule has 0 unspecified atom stereocenters. The zero-order chi connectivity index (χ0) is 19.1. The molecule has 1 aromatic carbocycles. The predicted molar refractivity (Wildman–Crippen MR) is 97.6 cm³/mol. The Morgan fingerprint density at radius 3 is 2.79 bits per heavy atom. The van der Waals surface area contributed by atoms with Crippen molar-refractivity contribution in [2.75, 3.05) is 19.6 Å². The second kappa shape index (κ2) is 6.50. The summed E-state index contributed by atoms with van der Waals surface area (Å²) in [7, 11) is 0. The summed E-state index contributed by atoms with van der Waals surface area (Å²) < 4.78 is 1.51. The van der Waals surface area contributed by atoms with Crippen molar-refractivity contribution < 1.29 is 9.90 Å². The molecule has 1 aliphatic carbocycles. The van der Waals surface area contributed by atoms with Crippen molar-refractivity contribution in [2.45, 2.75) is 12.0 Å². The number of hydrogen-bond donors (Lipinski definition) is 4. The Morgan fingerprint density at radius 2 is 2.07 bits per heavy atom. The topological polar surface area (TPSA) is 134 Å². The van der Waals surface area contributed by atoms with Crippen molar-refractivity contribution in [2.24, 2.45) is 11.3 Å². The van der Waals surface area contributed by atoms with Crippen molar-refractivity contribution in [3.8, 4) is 5.95 Å². The summed E-state index contributed by atoms with van der Waals surface area (Å²) in [4.78, 5) is 16.7. The van der Waals surface area contributed by atoms with Crippen LogP contribution in [0.1, 0.15) is 22.1 Å². The number of aromatic amines is 1. The third-order valence-electron chi connectivity index (χ3n) is 5.93. The second-order valence-electron chi connectivity index (χ2n) is 7.32. The van der Waals surface area contributed by atoms with Gasteiger partial charge in [-0.3, -0.25) is 14.5 Å². The molecule has 10 nitrogen and oxygen atoms in total. The number of hydrogen-bond acceptors (Lipinski definition) is 7. The van der Waals surface area contributed by atoms with E-state index in [1.54, 1.807) is 0 Å². The minimum atomic E-state index is -0.426. The van der Waals surface area contributed by atoms with E-state index in [2.05, 4.69) is 48.1 Å². The molecule has 2 aliphatic rings. The van der Waals surface area contributed by atoms with Crippen LogP contribution in [0.5, 0.6) is 0 Å². The van der Waals surface area contributed by atoms with Crippen LogP contribution in [-0.2, 0) is 0 Å². The minimum Gasteiger partial charge on any atom is -0.391 e. The van der Waals surface area contributed by atoms with Gasteiger partial charge in [0.1, 0.15) is 12.7 Å². The molecule has 28 heavy (non-hydrogen) atoms. The highest BCUT2D eigenvalue weighted by Crippen LogP contribution is 2.67. The molecule has 1 amide bonds. The number of nitrogens with one attached hydrogen (secondary N) is 3. The fourth-order valence-corrected chi connectivity index (χ4v) is 4.54. The molecule has 144 valence electrons. The van der Waals surface area contributed by atoms with Gasteiger partial charge >= 0.3 is 0 Å². The number of aliphatic hydroxyl groups is 1. The molecule has 2 aromatic heterocycles. The van der Waals surface area contributed by atoms with E-state index < -0.39 is 6.10 Å². The minimum absolute atomic E-state index is 0.125. The summed E-state index contributed by atoms with van der Waals surface area (Å²) in [5, 5.41) is 30.9. The molecule has 1 saturated heterocycles. The first-order chi connectivity index (χ1) is 13.7. The molecule has 1 aliphatic heterocycles. The number of nitrogens with zero attached hydrogens (tertiary/aromatic N) is 5. The van der Waals surface area contributed by atoms with Crippen molar-refractivity contribution in [1.82, 2.24) is 40.6 Å². The lowest BCUT2D eigenvalue weighted by molar-refractivity contribution is 0.0929. The summed E-state index contributed by atoms with van der Waals surface area (Å²) in [6, 6.07) is 10.2. The molecule has 3 heterocycles. The molecule has 4 atom stereocenters. The van der Waals surface area contributed by atoms with Gasteiger partial charge in [0.2, 0.25) is 5.82 Å². The molecule has 0 bridgehead atoms. The maximum Gasteiger partial charge on any atom is 0.288 e. The van der Waals surface area contributed by atoms with Crippen LogP contribution in [0, 0.1) is 11.3 Å². The highest BCUT2D eigenvalue weighted by atomic mass is 16.3. The molecule has 1 spiro atoms. The van der Waals surface area contributed by atoms with Crippen molar-refractivity contribution in [1.29, 1.82) is 0 Å². The summed E-state index contributed by atoms with van der Waals surface area (Å²) in [5.74, 6) is 0.460. The normalized spacial score (nSPS) is 28.5. The Hall–Kier alpha value is -3.11. The van der Waals surface area contributed by atoms with Gasteiger partial charge in [0.05, 0.1) is 6.10 Å². The highest BCUT2D eigenvalue weighted by molar-refractivity contribution is 5.90. The first kappa shape index (κ1) is 17.0.